The lowest BCUT2D eigenvalue weighted by atomic mass is 10.1. The predicted octanol–water partition coefficient (Wildman–Crippen LogP) is 5.32. The Bertz CT molecular complexity index is 962. The van der Waals surface area contributed by atoms with Crippen LogP contribution in [0.2, 0.25) is 0 Å². The number of nitrogens with zero attached hydrogens (tertiary/aromatic N) is 1. The fourth-order valence-corrected chi connectivity index (χ4v) is 4.05. The molecule has 1 aromatic heterocycles. The summed E-state index contributed by atoms with van der Waals surface area (Å²) in [6.45, 7) is 3.75. The van der Waals surface area contributed by atoms with Crippen molar-refractivity contribution < 1.29 is 9.72 Å². The van der Waals surface area contributed by atoms with E-state index in [0.717, 1.165) is 28.5 Å². The largest absolute Gasteiger partial charge is 0.321 e. The number of nitro benzene ring substituents is 1. The Balaban J connectivity index is 1.93. The zero-order valence-electron chi connectivity index (χ0n) is 14.0. The number of thiophene rings is 1. The molecule has 0 aliphatic carbocycles. The van der Waals surface area contributed by atoms with Crippen molar-refractivity contribution in [3.8, 4) is 0 Å². The van der Waals surface area contributed by atoms with Crippen LogP contribution in [0.25, 0.3) is 10.1 Å². The third-order valence-corrected chi connectivity index (χ3v) is 5.27. The molecule has 1 heterocycles. The average Bonchev–Trinajstić information content (AvgIpc) is 2.94. The van der Waals surface area contributed by atoms with Crippen LogP contribution in [0.4, 0.5) is 11.4 Å². The van der Waals surface area contributed by atoms with Gasteiger partial charge in [0.25, 0.3) is 11.6 Å². The molecule has 0 saturated heterocycles. The molecule has 3 aromatic rings. The van der Waals surface area contributed by atoms with E-state index in [9.17, 15) is 14.9 Å². The minimum absolute atomic E-state index is 0.0477. The van der Waals surface area contributed by atoms with E-state index in [1.54, 1.807) is 19.1 Å². The van der Waals surface area contributed by atoms with Crippen LogP contribution in [0.5, 0.6) is 0 Å². The minimum atomic E-state index is -0.424. The van der Waals surface area contributed by atoms with Gasteiger partial charge in [0, 0.05) is 22.0 Å². The Morgan fingerprint density at radius 3 is 2.68 bits per heavy atom. The number of anilines is 1. The molecule has 2 aromatic carbocycles. The smallest absolute Gasteiger partial charge is 0.272 e. The summed E-state index contributed by atoms with van der Waals surface area (Å²) in [6, 6.07) is 12.6. The predicted molar refractivity (Wildman–Crippen MR) is 102 cm³/mol. The molecular formula is C19H18N2O3S. The molecule has 1 amide bonds. The van der Waals surface area contributed by atoms with E-state index in [2.05, 4.69) is 12.2 Å². The minimum Gasteiger partial charge on any atom is -0.321 e. The summed E-state index contributed by atoms with van der Waals surface area (Å²) in [4.78, 5) is 24.0. The van der Waals surface area contributed by atoms with Gasteiger partial charge in [0.2, 0.25) is 0 Å². The van der Waals surface area contributed by atoms with Gasteiger partial charge in [0.1, 0.15) is 0 Å². The van der Waals surface area contributed by atoms with Crippen molar-refractivity contribution in [2.45, 2.75) is 26.7 Å². The highest BCUT2D eigenvalue weighted by atomic mass is 32.1. The van der Waals surface area contributed by atoms with Crippen LogP contribution in [0, 0.1) is 17.0 Å². The molecule has 3 rings (SSSR count). The number of carbonyl (C=O) groups is 1. The molecule has 128 valence electrons. The fourth-order valence-electron chi connectivity index (χ4n) is 2.91. The maximum absolute atomic E-state index is 12.8. The highest BCUT2D eigenvalue weighted by molar-refractivity contribution is 7.21. The highest BCUT2D eigenvalue weighted by Crippen LogP contribution is 2.33. The van der Waals surface area contributed by atoms with Gasteiger partial charge >= 0.3 is 0 Å². The van der Waals surface area contributed by atoms with Gasteiger partial charge in [-0.1, -0.05) is 31.5 Å². The molecular weight excluding hydrogens is 336 g/mol. The van der Waals surface area contributed by atoms with Crippen molar-refractivity contribution >= 4 is 38.7 Å². The maximum atomic E-state index is 12.8. The number of amides is 1. The van der Waals surface area contributed by atoms with Gasteiger partial charge in [-0.2, -0.15) is 0 Å². The number of aryl methyl sites for hydroxylation is 2. The Morgan fingerprint density at radius 1 is 1.24 bits per heavy atom. The van der Waals surface area contributed by atoms with Crippen LogP contribution < -0.4 is 5.32 Å². The summed E-state index contributed by atoms with van der Waals surface area (Å²) >= 11 is 1.48. The topological polar surface area (TPSA) is 72.2 Å². The second-order valence-corrected chi connectivity index (χ2v) is 6.92. The number of hydrogen-bond donors (Lipinski definition) is 1. The molecule has 0 radical (unpaired) electrons. The molecule has 0 spiro atoms. The summed E-state index contributed by atoms with van der Waals surface area (Å²) in [5.41, 5.74) is 2.20. The number of nitro groups is 1. The lowest BCUT2D eigenvalue weighted by Gasteiger charge is -2.07. The molecule has 1 N–H and O–H groups in total. The molecule has 0 bridgehead atoms. The first-order valence-corrected chi connectivity index (χ1v) is 8.89. The van der Waals surface area contributed by atoms with Gasteiger partial charge in [0.05, 0.1) is 9.80 Å². The van der Waals surface area contributed by atoms with E-state index in [4.69, 9.17) is 0 Å². The van der Waals surface area contributed by atoms with Gasteiger partial charge in [-0.3, -0.25) is 14.9 Å². The molecule has 0 unspecified atom stereocenters. The van der Waals surface area contributed by atoms with Gasteiger partial charge in [-0.15, -0.1) is 11.3 Å². The van der Waals surface area contributed by atoms with Crippen molar-refractivity contribution in [1.29, 1.82) is 0 Å². The number of hydrogen-bond acceptors (Lipinski definition) is 4. The van der Waals surface area contributed by atoms with Gasteiger partial charge < -0.3 is 5.32 Å². The van der Waals surface area contributed by atoms with Crippen molar-refractivity contribution in [3.05, 3.63) is 68.6 Å². The fraction of sp³-hybridized carbons (Fsp3) is 0.211. The quantitative estimate of drug-likeness (QED) is 0.497. The number of fused-ring (bicyclic) bond motifs is 1. The van der Waals surface area contributed by atoms with Crippen LogP contribution in [-0.4, -0.2) is 10.8 Å². The molecule has 6 heteroatoms. The number of benzene rings is 2. The number of nitrogens with one attached hydrogen (secondary N) is 1. The molecule has 0 fully saturated rings. The van der Waals surface area contributed by atoms with Crippen molar-refractivity contribution in [2.75, 3.05) is 5.32 Å². The van der Waals surface area contributed by atoms with Gasteiger partial charge in [-0.05, 0) is 42.5 Å². The lowest BCUT2D eigenvalue weighted by molar-refractivity contribution is -0.385. The summed E-state index contributed by atoms with van der Waals surface area (Å²) < 4.78 is 1.09. The van der Waals surface area contributed by atoms with Gasteiger partial charge in [-0.25, -0.2) is 0 Å². The maximum Gasteiger partial charge on any atom is 0.272 e. The highest BCUT2D eigenvalue weighted by Gasteiger charge is 2.18. The SMILES string of the molecule is CCCc1c(C(=O)Nc2ccc([N+](=O)[O-])c(C)c2)sc2ccccc12. The Labute approximate surface area is 149 Å². The van der Waals surface area contributed by atoms with E-state index in [1.165, 1.54) is 17.4 Å². The van der Waals surface area contributed by atoms with Crippen LogP contribution in [0.1, 0.15) is 34.1 Å². The first-order chi connectivity index (χ1) is 12.0. The van der Waals surface area contributed by atoms with E-state index in [0.29, 0.717) is 16.1 Å². The van der Waals surface area contributed by atoms with Crippen molar-refractivity contribution in [1.82, 2.24) is 0 Å². The third-order valence-electron chi connectivity index (χ3n) is 4.06. The van der Waals surface area contributed by atoms with Gasteiger partial charge in [0.15, 0.2) is 0 Å². The lowest BCUT2D eigenvalue weighted by Crippen LogP contribution is -2.12. The second-order valence-electron chi connectivity index (χ2n) is 5.87. The van der Waals surface area contributed by atoms with E-state index >= 15 is 0 Å². The number of carbonyl (C=O) groups excluding carboxylic acids is 1. The van der Waals surface area contributed by atoms with Crippen LogP contribution in [-0.2, 0) is 6.42 Å². The molecule has 0 aliphatic rings. The molecule has 5 nitrogen and oxygen atoms in total. The first-order valence-electron chi connectivity index (χ1n) is 8.08. The first kappa shape index (κ1) is 17.1. The normalized spacial score (nSPS) is 10.8. The third kappa shape index (κ3) is 3.39. The van der Waals surface area contributed by atoms with Crippen LogP contribution in [0.15, 0.2) is 42.5 Å². The standard InChI is InChI=1S/C19H18N2O3S/c1-3-6-15-14-7-4-5-8-17(14)25-18(15)19(22)20-13-9-10-16(21(23)24)12(2)11-13/h4-5,7-11H,3,6H2,1-2H3,(H,20,22). The van der Waals surface area contributed by atoms with Crippen LogP contribution >= 0.6 is 11.3 Å². The summed E-state index contributed by atoms with van der Waals surface area (Å²) in [5.74, 6) is -0.169. The number of rotatable bonds is 5. The Hall–Kier alpha value is -2.73. The molecule has 25 heavy (non-hydrogen) atoms. The summed E-state index contributed by atoms with van der Waals surface area (Å²) in [7, 11) is 0. The monoisotopic (exact) mass is 354 g/mol. The van der Waals surface area contributed by atoms with E-state index in [-0.39, 0.29) is 11.6 Å². The second kappa shape index (κ2) is 7.03. The van der Waals surface area contributed by atoms with E-state index in [1.807, 2.05) is 24.3 Å². The Morgan fingerprint density at radius 2 is 2.00 bits per heavy atom. The molecule has 0 saturated carbocycles. The zero-order chi connectivity index (χ0) is 18.0. The Kier molecular flexibility index (Phi) is 4.81. The molecule has 0 atom stereocenters. The summed E-state index contributed by atoms with van der Waals surface area (Å²) in [5, 5.41) is 14.9. The average molecular weight is 354 g/mol. The van der Waals surface area contributed by atoms with E-state index < -0.39 is 4.92 Å². The summed E-state index contributed by atoms with van der Waals surface area (Å²) in [6.07, 6.45) is 1.80. The molecule has 0 aliphatic heterocycles. The zero-order valence-corrected chi connectivity index (χ0v) is 14.9. The van der Waals surface area contributed by atoms with Crippen LogP contribution in [0.3, 0.4) is 0 Å². The van der Waals surface area contributed by atoms with Crippen molar-refractivity contribution in [3.63, 3.8) is 0 Å². The van der Waals surface area contributed by atoms with Crippen molar-refractivity contribution in [2.24, 2.45) is 0 Å².